The second-order valence-electron chi connectivity index (χ2n) is 4.17. The van der Waals surface area contributed by atoms with E-state index in [-0.39, 0.29) is 12.5 Å². The Kier molecular flexibility index (Phi) is 4.56. The van der Waals surface area contributed by atoms with E-state index in [4.69, 9.17) is 0 Å². The van der Waals surface area contributed by atoms with Crippen LogP contribution in [0.15, 0.2) is 36.9 Å². The molecule has 0 spiro atoms. The lowest BCUT2D eigenvalue weighted by Gasteiger charge is -2.07. The molecular weight excluding hydrogens is 256 g/mol. The quantitative estimate of drug-likeness (QED) is 0.594. The largest absolute Gasteiger partial charge is 0.325 e. The number of hydrogen-bond acceptors (Lipinski definition) is 5. The second kappa shape index (κ2) is 6.58. The van der Waals surface area contributed by atoms with Crippen molar-refractivity contribution in [1.82, 2.24) is 25.5 Å². The van der Waals surface area contributed by atoms with Crippen molar-refractivity contribution >= 4 is 11.6 Å². The highest BCUT2D eigenvalue weighted by atomic mass is 16.1. The second-order valence-corrected chi connectivity index (χ2v) is 4.17. The van der Waals surface area contributed by atoms with E-state index in [0.717, 1.165) is 5.56 Å². The van der Waals surface area contributed by atoms with Gasteiger partial charge in [0.25, 0.3) is 0 Å². The number of aryl methyl sites for hydroxylation is 1. The Morgan fingerprint density at radius 1 is 1.50 bits per heavy atom. The summed E-state index contributed by atoms with van der Waals surface area (Å²) >= 11 is 0. The maximum Gasteiger partial charge on any atom is 0.238 e. The number of nitrogens with zero attached hydrogens (tertiary/aromatic N) is 4. The van der Waals surface area contributed by atoms with Crippen molar-refractivity contribution in [2.45, 2.75) is 0 Å². The minimum Gasteiger partial charge on any atom is -0.325 e. The summed E-state index contributed by atoms with van der Waals surface area (Å²) in [6, 6.07) is 7.38. The maximum absolute atomic E-state index is 11.7. The van der Waals surface area contributed by atoms with Gasteiger partial charge < -0.3 is 10.6 Å². The lowest BCUT2D eigenvalue weighted by molar-refractivity contribution is -0.115. The first-order valence-electron chi connectivity index (χ1n) is 6.15. The van der Waals surface area contributed by atoms with Gasteiger partial charge in [-0.25, -0.2) is 4.68 Å². The molecule has 20 heavy (non-hydrogen) atoms. The molecule has 1 aromatic heterocycles. The summed E-state index contributed by atoms with van der Waals surface area (Å²) in [5, 5.41) is 17.1. The summed E-state index contributed by atoms with van der Waals surface area (Å²) in [6.45, 7) is 4.41. The van der Waals surface area contributed by atoms with E-state index < -0.39 is 0 Å². The predicted octanol–water partition coefficient (Wildman–Crippen LogP) is 0.591. The monoisotopic (exact) mass is 272 g/mol. The van der Waals surface area contributed by atoms with Gasteiger partial charge in [0, 0.05) is 24.8 Å². The average Bonchev–Trinajstić information content (AvgIpc) is 2.85. The Balaban J connectivity index is 2.05. The van der Waals surface area contributed by atoms with Gasteiger partial charge in [-0.15, -0.1) is 11.7 Å². The minimum absolute atomic E-state index is 0.111. The predicted molar refractivity (Wildman–Crippen MR) is 75.9 cm³/mol. The van der Waals surface area contributed by atoms with E-state index in [1.807, 2.05) is 24.3 Å². The zero-order chi connectivity index (χ0) is 14.4. The molecule has 0 radical (unpaired) electrons. The zero-order valence-electron chi connectivity index (χ0n) is 11.2. The van der Waals surface area contributed by atoms with E-state index >= 15 is 0 Å². The first-order chi connectivity index (χ1) is 9.70. The maximum atomic E-state index is 11.7. The number of carbonyl (C=O) groups is 1. The summed E-state index contributed by atoms with van der Waals surface area (Å²) < 4.78 is 1.58. The molecule has 0 atom stereocenters. The molecule has 1 heterocycles. The molecule has 0 saturated carbocycles. The molecule has 2 aromatic rings. The van der Waals surface area contributed by atoms with Crippen molar-refractivity contribution < 1.29 is 4.79 Å². The summed E-state index contributed by atoms with van der Waals surface area (Å²) in [5.41, 5.74) is 1.55. The van der Waals surface area contributed by atoms with Gasteiger partial charge in [-0.05, 0) is 22.6 Å². The molecule has 0 bridgehead atoms. The van der Waals surface area contributed by atoms with Crippen LogP contribution in [0, 0.1) is 0 Å². The van der Waals surface area contributed by atoms with Crippen LogP contribution in [0.2, 0.25) is 0 Å². The van der Waals surface area contributed by atoms with Crippen LogP contribution >= 0.6 is 0 Å². The molecule has 0 aliphatic carbocycles. The lowest BCUT2D eigenvalue weighted by atomic mass is 10.2. The molecule has 1 aromatic carbocycles. The SMILES string of the molecule is C=CCNCC(=O)Nc1cccc(-c2nnnn2C)c1. The number of hydrogen-bond donors (Lipinski definition) is 2. The highest BCUT2D eigenvalue weighted by Gasteiger charge is 2.07. The molecule has 0 aliphatic rings. The molecule has 7 nitrogen and oxygen atoms in total. The third-order valence-corrected chi connectivity index (χ3v) is 2.60. The van der Waals surface area contributed by atoms with Crippen molar-refractivity contribution in [3.05, 3.63) is 36.9 Å². The summed E-state index contributed by atoms with van der Waals surface area (Å²) in [5.74, 6) is 0.533. The average molecular weight is 272 g/mol. The molecule has 2 rings (SSSR count). The molecule has 1 amide bonds. The normalized spacial score (nSPS) is 10.2. The molecule has 0 unspecified atom stereocenters. The summed E-state index contributed by atoms with van der Waals surface area (Å²) in [4.78, 5) is 11.7. The topological polar surface area (TPSA) is 84.7 Å². The number of carbonyl (C=O) groups excluding carboxylic acids is 1. The van der Waals surface area contributed by atoms with E-state index in [1.54, 1.807) is 17.8 Å². The molecule has 104 valence electrons. The summed E-state index contributed by atoms with van der Waals surface area (Å²) in [6.07, 6.45) is 1.70. The van der Waals surface area contributed by atoms with E-state index in [9.17, 15) is 4.79 Å². The Hall–Kier alpha value is -2.54. The Bertz CT molecular complexity index is 606. The smallest absolute Gasteiger partial charge is 0.238 e. The van der Waals surface area contributed by atoms with Crippen molar-refractivity contribution in [2.24, 2.45) is 7.05 Å². The molecule has 0 aliphatic heterocycles. The van der Waals surface area contributed by atoms with Crippen LogP contribution in [0.5, 0.6) is 0 Å². The van der Waals surface area contributed by atoms with Crippen LogP contribution in [0.3, 0.4) is 0 Å². The first kappa shape index (κ1) is 13.9. The van der Waals surface area contributed by atoms with Crippen LogP contribution in [-0.2, 0) is 11.8 Å². The Labute approximate surface area is 116 Å². The number of aromatic nitrogens is 4. The fourth-order valence-electron chi connectivity index (χ4n) is 1.70. The van der Waals surface area contributed by atoms with Crippen LogP contribution in [0.1, 0.15) is 0 Å². The molecule has 0 saturated heterocycles. The first-order valence-corrected chi connectivity index (χ1v) is 6.15. The fraction of sp³-hybridized carbons (Fsp3) is 0.231. The van der Waals surface area contributed by atoms with Crippen LogP contribution in [0.4, 0.5) is 5.69 Å². The molecule has 7 heteroatoms. The third kappa shape index (κ3) is 3.48. The van der Waals surface area contributed by atoms with Crippen molar-refractivity contribution in [3.8, 4) is 11.4 Å². The van der Waals surface area contributed by atoms with E-state index in [2.05, 4.69) is 32.7 Å². The van der Waals surface area contributed by atoms with Gasteiger partial charge in [0.15, 0.2) is 5.82 Å². The van der Waals surface area contributed by atoms with Crippen molar-refractivity contribution in [3.63, 3.8) is 0 Å². The van der Waals surface area contributed by atoms with Gasteiger partial charge in [0.05, 0.1) is 6.54 Å². The van der Waals surface area contributed by atoms with Crippen molar-refractivity contribution in [2.75, 3.05) is 18.4 Å². The van der Waals surface area contributed by atoms with Gasteiger partial charge in [-0.1, -0.05) is 18.2 Å². The summed E-state index contributed by atoms with van der Waals surface area (Å²) in [7, 11) is 1.76. The Morgan fingerprint density at radius 2 is 2.35 bits per heavy atom. The molecular formula is C13H16N6O. The number of nitrogens with one attached hydrogen (secondary N) is 2. The fourth-order valence-corrected chi connectivity index (χ4v) is 1.70. The number of benzene rings is 1. The van der Waals surface area contributed by atoms with Gasteiger partial charge in [0.2, 0.25) is 5.91 Å². The number of anilines is 1. The van der Waals surface area contributed by atoms with Gasteiger partial charge in [0.1, 0.15) is 0 Å². The molecule has 0 fully saturated rings. The van der Waals surface area contributed by atoms with Gasteiger partial charge >= 0.3 is 0 Å². The zero-order valence-corrected chi connectivity index (χ0v) is 11.2. The van der Waals surface area contributed by atoms with Crippen LogP contribution in [0.25, 0.3) is 11.4 Å². The number of tetrazole rings is 1. The van der Waals surface area contributed by atoms with Gasteiger partial charge in [-0.3, -0.25) is 4.79 Å². The molecule has 2 N–H and O–H groups in total. The Morgan fingerprint density at radius 3 is 3.05 bits per heavy atom. The van der Waals surface area contributed by atoms with Gasteiger partial charge in [-0.2, -0.15) is 0 Å². The lowest BCUT2D eigenvalue weighted by Crippen LogP contribution is -2.28. The number of rotatable bonds is 6. The highest BCUT2D eigenvalue weighted by molar-refractivity contribution is 5.92. The van der Waals surface area contributed by atoms with Crippen molar-refractivity contribution in [1.29, 1.82) is 0 Å². The van der Waals surface area contributed by atoms with Crippen LogP contribution < -0.4 is 10.6 Å². The minimum atomic E-state index is -0.111. The van der Waals surface area contributed by atoms with E-state index in [0.29, 0.717) is 18.1 Å². The standard InChI is InChI=1S/C13H16N6O/c1-3-7-14-9-12(20)15-11-6-4-5-10(8-11)13-16-17-18-19(13)2/h3-6,8,14H,1,7,9H2,2H3,(H,15,20). The third-order valence-electron chi connectivity index (χ3n) is 2.60. The van der Waals surface area contributed by atoms with E-state index in [1.165, 1.54) is 0 Å². The number of amides is 1. The highest BCUT2D eigenvalue weighted by Crippen LogP contribution is 2.19. The van der Waals surface area contributed by atoms with Crippen LogP contribution in [-0.4, -0.2) is 39.2 Å².